The van der Waals surface area contributed by atoms with Gasteiger partial charge in [-0.1, -0.05) is 18.2 Å². The Labute approximate surface area is 160 Å². The molecular weight excluding hydrogens is 340 g/mol. The van der Waals surface area contributed by atoms with E-state index in [0.717, 1.165) is 61.9 Å². The van der Waals surface area contributed by atoms with E-state index in [-0.39, 0.29) is 5.91 Å². The lowest BCUT2D eigenvalue weighted by Gasteiger charge is -2.33. The Morgan fingerprint density at radius 1 is 1.15 bits per heavy atom. The number of benzene rings is 1. The third-order valence-corrected chi connectivity index (χ3v) is 5.24. The highest BCUT2D eigenvalue weighted by molar-refractivity contribution is 5.78. The summed E-state index contributed by atoms with van der Waals surface area (Å²) in [6.45, 7) is 5.38. The van der Waals surface area contributed by atoms with Gasteiger partial charge in [0.15, 0.2) is 0 Å². The Balaban J connectivity index is 1.27. The number of amides is 1. The maximum absolute atomic E-state index is 12.3. The summed E-state index contributed by atoms with van der Waals surface area (Å²) < 4.78 is 5.51. The van der Waals surface area contributed by atoms with E-state index < -0.39 is 0 Å². The van der Waals surface area contributed by atoms with Crippen LogP contribution in [0.15, 0.2) is 36.5 Å². The second-order valence-corrected chi connectivity index (χ2v) is 7.31. The summed E-state index contributed by atoms with van der Waals surface area (Å²) in [6.07, 6.45) is 3.18. The van der Waals surface area contributed by atoms with E-state index >= 15 is 0 Å². The lowest BCUT2D eigenvalue weighted by Crippen LogP contribution is -2.44. The van der Waals surface area contributed by atoms with E-state index in [1.54, 1.807) is 0 Å². The minimum absolute atomic E-state index is 0.0250. The lowest BCUT2D eigenvalue weighted by atomic mass is 10.1. The van der Waals surface area contributed by atoms with Crippen molar-refractivity contribution in [2.24, 2.45) is 0 Å². The lowest BCUT2D eigenvalue weighted by molar-refractivity contribution is -0.120. The molecule has 0 atom stereocenters. The monoisotopic (exact) mass is 366 g/mol. The van der Waals surface area contributed by atoms with Gasteiger partial charge in [0, 0.05) is 45.3 Å². The molecule has 1 fully saturated rings. The zero-order valence-electron chi connectivity index (χ0n) is 15.8. The number of ether oxygens (including phenoxy) is 1. The average Bonchev–Trinajstić information content (AvgIpc) is 3.15. The number of nitrogens with one attached hydrogen (secondary N) is 1. The first-order valence-corrected chi connectivity index (χ1v) is 9.57. The van der Waals surface area contributed by atoms with Crippen molar-refractivity contribution < 1.29 is 9.53 Å². The van der Waals surface area contributed by atoms with Crippen LogP contribution in [0, 0.1) is 0 Å². The molecular formula is C21H26N4O2. The number of carbonyl (C=O) groups excluding carboxylic acids is 1. The molecule has 3 heterocycles. The van der Waals surface area contributed by atoms with E-state index in [2.05, 4.69) is 33.2 Å². The third kappa shape index (κ3) is 4.39. The smallest absolute Gasteiger partial charge is 0.224 e. The van der Waals surface area contributed by atoms with Crippen LogP contribution >= 0.6 is 0 Å². The molecule has 6 heteroatoms. The Bertz CT molecular complexity index is 798. The van der Waals surface area contributed by atoms with Gasteiger partial charge in [-0.15, -0.1) is 0 Å². The van der Waals surface area contributed by atoms with Gasteiger partial charge in [-0.25, -0.2) is 4.98 Å². The molecule has 4 rings (SSSR count). The first kappa shape index (κ1) is 17.8. The molecule has 1 aromatic heterocycles. The van der Waals surface area contributed by atoms with Crippen LogP contribution < -0.4 is 15.0 Å². The Morgan fingerprint density at radius 3 is 2.74 bits per heavy atom. The summed E-state index contributed by atoms with van der Waals surface area (Å²) in [5.74, 6) is 1.99. The van der Waals surface area contributed by atoms with Crippen molar-refractivity contribution in [1.82, 2.24) is 15.2 Å². The molecule has 0 unspecified atom stereocenters. The molecule has 0 aliphatic carbocycles. The first-order chi connectivity index (χ1) is 13.2. The summed E-state index contributed by atoms with van der Waals surface area (Å²) in [4.78, 5) is 21.5. The molecule has 2 aliphatic heterocycles. The fourth-order valence-corrected chi connectivity index (χ4v) is 3.54. The number of rotatable bonds is 5. The summed E-state index contributed by atoms with van der Waals surface area (Å²) in [6, 6.07) is 10.1. The second kappa shape index (κ2) is 7.96. The maximum Gasteiger partial charge on any atom is 0.224 e. The van der Waals surface area contributed by atoms with Crippen LogP contribution in [0.25, 0.3) is 0 Å². The number of fused-ring (bicyclic) bond motifs is 1. The van der Waals surface area contributed by atoms with Gasteiger partial charge in [0.2, 0.25) is 5.91 Å². The summed E-state index contributed by atoms with van der Waals surface area (Å²) in [5.41, 5.74) is 3.24. The fourth-order valence-electron chi connectivity index (χ4n) is 3.54. The van der Waals surface area contributed by atoms with Crippen molar-refractivity contribution in [3.05, 3.63) is 53.2 Å². The van der Waals surface area contributed by atoms with Crippen LogP contribution in [-0.4, -0.2) is 55.6 Å². The maximum atomic E-state index is 12.3. The van der Waals surface area contributed by atoms with Gasteiger partial charge in [-0.2, -0.15) is 0 Å². The van der Waals surface area contributed by atoms with Crippen molar-refractivity contribution in [3.8, 4) is 5.75 Å². The molecule has 1 aromatic carbocycles. The predicted molar refractivity (Wildman–Crippen MR) is 105 cm³/mol. The SMILES string of the molecule is CN1CCN(c2ccc(CNC(=O)Cc3ccc4c(c3)CCO4)cn2)CC1. The zero-order valence-corrected chi connectivity index (χ0v) is 15.8. The molecule has 142 valence electrons. The van der Waals surface area contributed by atoms with Gasteiger partial charge < -0.3 is 19.9 Å². The minimum atomic E-state index is 0.0250. The number of nitrogens with zero attached hydrogens (tertiary/aromatic N) is 3. The van der Waals surface area contributed by atoms with Crippen molar-refractivity contribution in [2.75, 3.05) is 44.7 Å². The molecule has 2 aromatic rings. The Morgan fingerprint density at radius 2 is 1.96 bits per heavy atom. The van der Waals surface area contributed by atoms with Crippen LogP contribution in [0.2, 0.25) is 0 Å². The Hall–Kier alpha value is -2.60. The van der Waals surface area contributed by atoms with Gasteiger partial charge in [0.05, 0.1) is 13.0 Å². The van der Waals surface area contributed by atoms with Crippen molar-refractivity contribution in [2.45, 2.75) is 19.4 Å². The molecule has 0 radical (unpaired) electrons. The molecule has 1 amide bonds. The van der Waals surface area contributed by atoms with Gasteiger partial charge in [-0.3, -0.25) is 4.79 Å². The molecule has 0 spiro atoms. The van der Waals surface area contributed by atoms with E-state index in [1.807, 2.05) is 30.5 Å². The number of likely N-dealkylation sites (N-methyl/N-ethyl adjacent to an activating group) is 1. The molecule has 0 saturated carbocycles. The second-order valence-electron chi connectivity index (χ2n) is 7.31. The quantitative estimate of drug-likeness (QED) is 0.872. The molecule has 0 bridgehead atoms. The summed E-state index contributed by atoms with van der Waals surface area (Å²) in [5, 5.41) is 2.99. The number of piperazine rings is 1. The fraction of sp³-hybridized carbons (Fsp3) is 0.429. The normalized spacial score (nSPS) is 16.7. The standard InChI is InChI=1S/C21H26N4O2/c1-24-7-9-25(10-8-24)20-5-3-17(14-22-20)15-23-21(26)13-16-2-4-19-18(12-16)6-11-27-19/h2-5,12,14H,6-11,13,15H2,1H3,(H,23,26). The van der Waals surface area contributed by atoms with Crippen molar-refractivity contribution >= 4 is 11.7 Å². The number of anilines is 1. The average molecular weight is 366 g/mol. The molecule has 1 N–H and O–H groups in total. The summed E-state index contributed by atoms with van der Waals surface area (Å²) >= 11 is 0. The molecule has 2 aliphatic rings. The van der Waals surface area contributed by atoms with E-state index in [1.165, 1.54) is 5.56 Å². The van der Waals surface area contributed by atoms with Crippen LogP contribution in [-0.2, 0) is 24.2 Å². The van der Waals surface area contributed by atoms with Crippen molar-refractivity contribution in [3.63, 3.8) is 0 Å². The first-order valence-electron chi connectivity index (χ1n) is 9.57. The van der Waals surface area contributed by atoms with Gasteiger partial charge in [0.25, 0.3) is 0 Å². The van der Waals surface area contributed by atoms with Crippen LogP contribution in [0.4, 0.5) is 5.82 Å². The highest BCUT2D eigenvalue weighted by atomic mass is 16.5. The van der Waals surface area contributed by atoms with Crippen LogP contribution in [0.1, 0.15) is 16.7 Å². The molecule has 6 nitrogen and oxygen atoms in total. The van der Waals surface area contributed by atoms with Gasteiger partial charge >= 0.3 is 0 Å². The summed E-state index contributed by atoms with van der Waals surface area (Å²) in [7, 11) is 2.15. The van der Waals surface area contributed by atoms with Crippen molar-refractivity contribution in [1.29, 1.82) is 0 Å². The van der Waals surface area contributed by atoms with E-state index in [4.69, 9.17) is 4.74 Å². The van der Waals surface area contributed by atoms with Gasteiger partial charge in [0.1, 0.15) is 11.6 Å². The predicted octanol–water partition coefficient (Wildman–Crippen LogP) is 1.63. The van der Waals surface area contributed by atoms with E-state index in [9.17, 15) is 4.79 Å². The zero-order chi connectivity index (χ0) is 18.6. The third-order valence-electron chi connectivity index (χ3n) is 5.24. The number of hydrogen-bond acceptors (Lipinski definition) is 5. The molecule has 27 heavy (non-hydrogen) atoms. The number of carbonyl (C=O) groups is 1. The van der Waals surface area contributed by atoms with Gasteiger partial charge in [-0.05, 0) is 35.9 Å². The largest absolute Gasteiger partial charge is 0.493 e. The van der Waals surface area contributed by atoms with Crippen LogP contribution in [0.3, 0.4) is 0 Å². The Kier molecular flexibility index (Phi) is 5.25. The number of hydrogen-bond donors (Lipinski definition) is 1. The van der Waals surface area contributed by atoms with E-state index in [0.29, 0.717) is 13.0 Å². The highest BCUT2D eigenvalue weighted by Gasteiger charge is 2.15. The topological polar surface area (TPSA) is 57.7 Å². The highest BCUT2D eigenvalue weighted by Crippen LogP contribution is 2.26. The molecule has 1 saturated heterocycles. The number of aromatic nitrogens is 1. The number of pyridine rings is 1. The van der Waals surface area contributed by atoms with Crippen LogP contribution in [0.5, 0.6) is 5.75 Å². The minimum Gasteiger partial charge on any atom is -0.493 e.